The van der Waals surface area contributed by atoms with Crippen molar-refractivity contribution in [2.75, 3.05) is 13.2 Å². The lowest BCUT2D eigenvalue weighted by Crippen LogP contribution is -2.58. The van der Waals surface area contributed by atoms with Gasteiger partial charge in [0.1, 0.15) is 29.0 Å². The van der Waals surface area contributed by atoms with Crippen molar-refractivity contribution >= 4 is 44.7 Å². The van der Waals surface area contributed by atoms with E-state index in [9.17, 15) is 36.4 Å². The standard InChI is InChI=1S/C41H51F2N5O8S/c1-24-34-27(28-18-29(42)30(43)19-32(28)44-24)14-15-40(56-34)21-33-35(49)46-41(37(51)47-57(53,54)39(2)16-17-39)20-26(41)12-6-4-3-5-7-13-31(36(50)48(33)23-40)45-38(52)55-22-25-10-8-9-11-25/h6,12,18-19,25-26,31,33H,3-5,7-11,13-17,20-23H2,1-2H3,(H,45,52)(H,46,49)(H,47,51)/b12-6-/t26-,31+,33+,40-,41-/m1/s1. The molecular formula is C41H51F2N5O8S. The summed E-state index contributed by atoms with van der Waals surface area (Å²) in [7, 11) is -4.02. The molecule has 3 aliphatic carbocycles. The second kappa shape index (κ2) is 14.8. The molecule has 308 valence electrons. The van der Waals surface area contributed by atoms with E-state index in [4.69, 9.17) is 9.47 Å². The first-order chi connectivity index (χ1) is 27.1. The third-order valence-electron chi connectivity index (χ3n) is 13.2. The van der Waals surface area contributed by atoms with Gasteiger partial charge in [0, 0.05) is 29.4 Å². The summed E-state index contributed by atoms with van der Waals surface area (Å²) in [6.07, 6.45) is 12.0. The van der Waals surface area contributed by atoms with E-state index in [-0.39, 0.29) is 37.4 Å². The van der Waals surface area contributed by atoms with E-state index in [0.29, 0.717) is 67.3 Å². The fourth-order valence-electron chi connectivity index (χ4n) is 9.24. The van der Waals surface area contributed by atoms with Gasteiger partial charge in [0.2, 0.25) is 21.8 Å². The highest BCUT2D eigenvalue weighted by atomic mass is 32.2. The topological polar surface area (TPSA) is 173 Å². The van der Waals surface area contributed by atoms with Crippen molar-refractivity contribution in [2.24, 2.45) is 11.8 Å². The summed E-state index contributed by atoms with van der Waals surface area (Å²) < 4.78 is 68.6. The molecule has 3 aliphatic heterocycles. The first kappa shape index (κ1) is 39.5. The van der Waals surface area contributed by atoms with Gasteiger partial charge in [-0.05, 0) is 90.0 Å². The Bertz CT molecular complexity index is 2140. The van der Waals surface area contributed by atoms with Gasteiger partial charge in [-0.3, -0.25) is 19.1 Å². The molecule has 1 saturated heterocycles. The number of hydrogen-bond donors (Lipinski definition) is 3. The minimum absolute atomic E-state index is 0.00664. The van der Waals surface area contributed by atoms with Gasteiger partial charge in [-0.15, -0.1) is 0 Å². The fraction of sp³-hybridized carbons (Fsp3) is 0.634. The van der Waals surface area contributed by atoms with E-state index < -0.39 is 79.4 Å². The van der Waals surface area contributed by atoms with Crippen LogP contribution >= 0.6 is 0 Å². The van der Waals surface area contributed by atoms with E-state index in [0.717, 1.165) is 50.7 Å². The van der Waals surface area contributed by atoms with Crippen LogP contribution in [0.25, 0.3) is 10.9 Å². The number of alkyl carbamates (subject to hydrolysis) is 1. The van der Waals surface area contributed by atoms with E-state index in [1.54, 1.807) is 13.8 Å². The molecule has 0 unspecified atom stereocenters. The van der Waals surface area contributed by atoms with Gasteiger partial charge in [0.15, 0.2) is 11.6 Å². The molecule has 16 heteroatoms. The molecule has 57 heavy (non-hydrogen) atoms. The van der Waals surface area contributed by atoms with Gasteiger partial charge in [0.25, 0.3) is 5.91 Å². The first-order valence-electron chi connectivity index (χ1n) is 20.4. The van der Waals surface area contributed by atoms with Gasteiger partial charge in [-0.1, -0.05) is 37.8 Å². The summed E-state index contributed by atoms with van der Waals surface area (Å²) >= 11 is 0. The zero-order valence-electron chi connectivity index (χ0n) is 32.5. The molecule has 3 saturated carbocycles. The Morgan fingerprint density at radius 1 is 1.04 bits per heavy atom. The highest BCUT2D eigenvalue weighted by molar-refractivity contribution is 7.91. The second-order valence-electron chi connectivity index (χ2n) is 17.4. The van der Waals surface area contributed by atoms with Crippen LogP contribution in [-0.2, 0) is 35.6 Å². The van der Waals surface area contributed by atoms with Crippen LogP contribution in [0.2, 0.25) is 0 Å². The SMILES string of the molecule is Cc1nc2cc(F)c(F)cc2c2c1O[C@]1(CC2)C[C@H]2C(=O)N[C@]3(C(=O)NS(=O)(=O)C4(C)CC4)C[C@H]3/C=C\CCCCC[C@H](NC(=O)OCC3CCCC3)C(=O)N2C1. The monoisotopic (exact) mass is 811 g/mol. The Hall–Kier alpha value is -4.34. The number of amides is 4. The van der Waals surface area contributed by atoms with Gasteiger partial charge < -0.3 is 25.0 Å². The minimum atomic E-state index is -4.02. The number of nitrogens with zero attached hydrogens (tertiary/aromatic N) is 2. The normalized spacial score (nSPS) is 30.5. The van der Waals surface area contributed by atoms with Crippen LogP contribution in [-0.4, -0.2) is 83.2 Å². The van der Waals surface area contributed by atoms with Gasteiger partial charge in [0.05, 0.1) is 29.1 Å². The van der Waals surface area contributed by atoms with Crippen LogP contribution in [0.5, 0.6) is 5.75 Å². The molecule has 4 heterocycles. The van der Waals surface area contributed by atoms with Crippen molar-refractivity contribution in [1.82, 2.24) is 25.2 Å². The molecule has 3 N–H and O–H groups in total. The smallest absolute Gasteiger partial charge is 0.407 e. The lowest BCUT2D eigenvalue weighted by atomic mass is 9.87. The van der Waals surface area contributed by atoms with Crippen LogP contribution in [0.3, 0.4) is 0 Å². The number of allylic oxidation sites excluding steroid dienone is 1. The summed E-state index contributed by atoms with van der Waals surface area (Å²) in [4.78, 5) is 62.4. The van der Waals surface area contributed by atoms with Crippen LogP contribution in [0, 0.1) is 30.4 Å². The van der Waals surface area contributed by atoms with Crippen molar-refractivity contribution in [1.29, 1.82) is 0 Å². The van der Waals surface area contributed by atoms with Crippen LogP contribution in [0.4, 0.5) is 13.6 Å². The molecule has 0 bridgehead atoms. The summed E-state index contributed by atoms with van der Waals surface area (Å²) in [5.41, 5.74) is -1.33. The van der Waals surface area contributed by atoms with E-state index in [2.05, 4.69) is 20.3 Å². The number of pyridine rings is 1. The lowest BCUT2D eigenvalue weighted by molar-refractivity contribution is -0.141. The number of sulfonamides is 1. The second-order valence-corrected chi connectivity index (χ2v) is 19.6. The van der Waals surface area contributed by atoms with Gasteiger partial charge in [-0.2, -0.15) is 0 Å². The van der Waals surface area contributed by atoms with Crippen molar-refractivity contribution in [3.05, 3.63) is 47.2 Å². The number of carbonyl (C=O) groups excluding carboxylic acids is 4. The molecule has 4 amide bonds. The lowest BCUT2D eigenvalue weighted by Gasteiger charge is -2.36. The third-order valence-corrected chi connectivity index (χ3v) is 15.4. The molecule has 13 nitrogen and oxygen atoms in total. The Kier molecular flexibility index (Phi) is 10.2. The van der Waals surface area contributed by atoms with E-state index in [1.807, 2.05) is 12.2 Å². The van der Waals surface area contributed by atoms with Gasteiger partial charge >= 0.3 is 6.09 Å². The van der Waals surface area contributed by atoms with Crippen molar-refractivity contribution < 1.29 is 45.9 Å². The summed E-state index contributed by atoms with van der Waals surface area (Å²) in [5.74, 6) is -3.85. The average molecular weight is 812 g/mol. The zero-order valence-corrected chi connectivity index (χ0v) is 33.3. The Labute approximate surface area is 331 Å². The average Bonchev–Trinajstić information content (AvgIpc) is 3.95. The molecule has 1 spiro atoms. The molecule has 1 aromatic heterocycles. The predicted octanol–water partition coefficient (Wildman–Crippen LogP) is 5.16. The Morgan fingerprint density at radius 3 is 2.53 bits per heavy atom. The molecule has 6 aliphatic rings. The number of rotatable bonds is 6. The highest BCUT2D eigenvalue weighted by Crippen LogP contribution is 2.49. The predicted molar refractivity (Wildman–Crippen MR) is 204 cm³/mol. The number of hydrogen-bond acceptors (Lipinski definition) is 9. The van der Waals surface area contributed by atoms with Crippen molar-refractivity contribution in [2.45, 2.75) is 138 Å². The molecule has 2 aromatic rings. The third kappa shape index (κ3) is 7.58. The van der Waals surface area contributed by atoms with Gasteiger partial charge in [-0.25, -0.2) is 27.0 Å². The molecule has 1 aromatic carbocycles. The number of nitrogens with one attached hydrogen (secondary N) is 3. The van der Waals surface area contributed by atoms with Crippen LogP contribution in [0.15, 0.2) is 24.3 Å². The number of carbonyl (C=O) groups is 4. The highest BCUT2D eigenvalue weighted by Gasteiger charge is 2.64. The van der Waals surface area contributed by atoms with Crippen molar-refractivity contribution in [3.8, 4) is 5.75 Å². The summed E-state index contributed by atoms with van der Waals surface area (Å²) in [6.45, 7) is 3.47. The summed E-state index contributed by atoms with van der Waals surface area (Å²) in [6, 6.07) is -0.0463. The fourth-order valence-corrected chi connectivity index (χ4v) is 10.6. The number of aryl methyl sites for hydroxylation is 2. The van der Waals surface area contributed by atoms with Crippen LogP contribution < -0.4 is 20.1 Å². The number of benzene rings is 1. The molecule has 0 radical (unpaired) electrons. The number of aromatic nitrogens is 1. The first-order valence-corrected chi connectivity index (χ1v) is 21.9. The maximum atomic E-state index is 14.8. The minimum Gasteiger partial charge on any atom is -0.483 e. The quantitative estimate of drug-likeness (QED) is 0.333. The Balaban J connectivity index is 1.11. The molecule has 4 fully saturated rings. The molecular weight excluding hydrogens is 761 g/mol. The maximum Gasteiger partial charge on any atom is 0.407 e. The number of ether oxygens (including phenoxy) is 2. The van der Waals surface area contributed by atoms with E-state index in [1.165, 1.54) is 4.90 Å². The molecule has 5 atom stereocenters. The van der Waals surface area contributed by atoms with E-state index >= 15 is 0 Å². The number of halogens is 2. The Morgan fingerprint density at radius 2 is 1.77 bits per heavy atom. The number of fused-ring (bicyclic) bond motifs is 5. The zero-order chi connectivity index (χ0) is 40.3. The largest absolute Gasteiger partial charge is 0.483 e. The molecule has 8 rings (SSSR count). The maximum absolute atomic E-state index is 14.8. The van der Waals surface area contributed by atoms with Crippen LogP contribution in [0.1, 0.15) is 108 Å². The summed E-state index contributed by atoms with van der Waals surface area (Å²) in [5, 5.41) is 6.11. The van der Waals surface area contributed by atoms with Crippen molar-refractivity contribution in [3.63, 3.8) is 0 Å².